The summed E-state index contributed by atoms with van der Waals surface area (Å²) in [5.41, 5.74) is 1.19. The van der Waals surface area contributed by atoms with Crippen molar-refractivity contribution in [3.63, 3.8) is 0 Å². The minimum atomic E-state index is -0.799. The Bertz CT molecular complexity index is 384. The molecule has 1 aromatic rings. The molecule has 76 valence electrons. The maximum Gasteiger partial charge on any atom is 0.311 e. The second-order valence-corrected chi connectivity index (χ2v) is 5.11. The van der Waals surface area contributed by atoms with E-state index in [9.17, 15) is 4.79 Å². The summed E-state index contributed by atoms with van der Waals surface area (Å²) in [6, 6.07) is 0. The fourth-order valence-electron chi connectivity index (χ4n) is 1.78. The molecule has 14 heavy (non-hydrogen) atoms. The van der Waals surface area contributed by atoms with Gasteiger partial charge in [-0.2, -0.15) is 0 Å². The van der Waals surface area contributed by atoms with Crippen molar-refractivity contribution in [1.29, 1.82) is 0 Å². The highest BCUT2D eigenvalue weighted by molar-refractivity contribution is 7.13. The molecule has 0 saturated heterocycles. The number of fused-ring (bicyclic) bond motifs is 1. The van der Waals surface area contributed by atoms with E-state index in [1.54, 1.807) is 18.3 Å². The van der Waals surface area contributed by atoms with Crippen LogP contribution in [0, 0.1) is 0 Å². The Balaban J connectivity index is 2.41. The Hall–Kier alpha value is -0.540. The molecule has 2 rings (SSSR count). The molecule has 1 unspecified atom stereocenters. The Morgan fingerprint density at radius 1 is 1.57 bits per heavy atom. The summed E-state index contributed by atoms with van der Waals surface area (Å²) in [5, 5.41) is 9.60. The van der Waals surface area contributed by atoms with Gasteiger partial charge in [0.05, 0.1) is 10.9 Å². The summed E-state index contributed by atoms with van der Waals surface area (Å²) in [7, 11) is 0. The van der Waals surface area contributed by atoms with E-state index in [0.29, 0.717) is 5.02 Å². The van der Waals surface area contributed by atoms with E-state index >= 15 is 0 Å². The van der Waals surface area contributed by atoms with Gasteiger partial charge >= 0.3 is 5.97 Å². The molecule has 1 N–H and O–H groups in total. The number of halogens is 1. The normalized spacial score (nSPS) is 16.7. The molecule has 1 atom stereocenters. The summed E-state index contributed by atoms with van der Waals surface area (Å²) < 4.78 is 0. The number of carboxylic acid groups (broad SMARTS) is 1. The van der Waals surface area contributed by atoms with E-state index in [1.807, 2.05) is 0 Å². The van der Waals surface area contributed by atoms with Gasteiger partial charge in [0.15, 0.2) is 0 Å². The molecule has 1 aliphatic rings. The summed E-state index contributed by atoms with van der Waals surface area (Å²) in [4.78, 5) is 12.9. The molecule has 1 heterocycles. The minimum Gasteiger partial charge on any atom is -0.481 e. The number of aryl methyl sites for hydroxylation is 1. The number of hydrogen-bond donors (Lipinski definition) is 1. The van der Waals surface area contributed by atoms with Crippen molar-refractivity contribution in [3.05, 3.63) is 20.3 Å². The van der Waals surface area contributed by atoms with E-state index < -0.39 is 11.9 Å². The molecule has 2 nitrogen and oxygen atoms in total. The summed E-state index contributed by atoms with van der Waals surface area (Å²) >= 11 is 7.73. The fraction of sp³-hybridized carbons (Fsp3) is 0.500. The Labute approximate surface area is 91.5 Å². The standard InChI is InChI=1S/C10H11ClO2S/c1-5(10(12)13)9-8(11)6-3-2-4-7(6)14-9/h5H,2-4H2,1H3,(H,12,13). The van der Waals surface area contributed by atoms with Crippen LogP contribution in [0.3, 0.4) is 0 Å². The fourth-order valence-corrected chi connectivity index (χ4v) is 3.65. The quantitative estimate of drug-likeness (QED) is 0.848. The highest BCUT2D eigenvalue weighted by atomic mass is 35.5. The van der Waals surface area contributed by atoms with Gasteiger partial charge in [-0.1, -0.05) is 11.6 Å². The number of carbonyl (C=O) groups is 1. The first-order valence-electron chi connectivity index (χ1n) is 4.64. The van der Waals surface area contributed by atoms with E-state index in [0.717, 1.165) is 24.1 Å². The summed E-state index contributed by atoms with van der Waals surface area (Å²) in [6.07, 6.45) is 3.23. The third-order valence-electron chi connectivity index (χ3n) is 2.65. The summed E-state index contributed by atoms with van der Waals surface area (Å²) in [5.74, 6) is -1.27. The molecule has 0 fully saturated rings. The molecule has 0 bridgehead atoms. The molecular weight excluding hydrogens is 220 g/mol. The van der Waals surface area contributed by atoms with Crippen LogP contribution in [-0.4, -0.2) is 11.1 Å². The molecule has 4 heteroatoms. The highest BCUT2D eigenvalue weighted by Gasteiger charge is 2.26. The number of carboxylic acids is 1. The third-order valence-corrected chi connectivity index (χ3v) is 4.66. The Morgan fingerprint density at radius 3 is 2.86 bits per heavy atom. The van der Waals surface area contributed by atoms with Crippen molar-refractivity contribution in [3.8, 4) is 0 Å². The van der Waals surface area contributed by atoms with Crippen LogP contribution >= 0.6 is 22.9 Å². The van der Waals surface area contributed by atoms with Crippen LogP contribution in [0.5, 0.6) is 0 Å². The van der Waals surface area contributed by atoms with Crippen LogP contribution in [0.1, 0.15) is 34.6 Å². The lowest BCUT2D eigenvalue weighted by molar-refractivity contribution is -0.138. The maximum absolute atomic E-state index is 10.8. The zero-order chi connectivity index (χ0) is 10.3. The molecular formula is C10H11ClO2S. The molecule has 0 aromatic carbocycles. The molecule has 0 amide bonds. The number of aliphatic carboxylic acids is 1. The second-order valence-electron chi connectivity index (χ2n) is 3.60. The van der Waals surface area contributed by atoms with E-state index in [-0.39, 0.29) is 0 Å². The van der Waals surface area contributed by atoms with Gasteiger partial charge in [-0.15, -0.1) is 11.3 Å². The zero-order valence-electron chi connectivity index (χ0n) is 7.84. The monoisotopic (exact) mass is 230 g/mol. The van der Waals surface area contributed by atoms with E-state index in [1.165, 1.54) is 10.4 Å². The van der Waals surface area contributed by atoms with Crippen molar-refractivity contribution < 1.29 is 9.90 Å². The van der Waals surface area contributed by atoms with Crippen LogP contribution < -0.4 is 0 Å². The highest BCUT2D eigenvalue weighted by Crippen LogP contribution is 2.42. The lowest BCUT2D eigenvalue weighted by Gasteiger charge is -2.04. The van der Waals surface area contributed by atoms with Gasteiger partial charge in [-0.25, -0.2) is 0 Å². The van der Waals surface area contributed by atoms with E-state index in [4.69, 9.17) is 16.7 Å². The topological polar surface area (TPSA) is 37.3 Å². The minimum absolute atomic E-state index is 0.474. The maximum atomic E-state index is 10.8. The first-order chi connectivity index (χ1) is 6.61. The van der Waals surface area contributed by atoms with Gasteiger partial charge in [-0.05, 0) is 31.7 Å². The van der Waals surface area contributed by atoms with Crippen LogP contribution in [0.2, 0.25) is 5.02 Å². The SMILES string of the molecule is CC(C(=O)O)c1sc2c(c1Cl)CCC2. The lowest BCUT2D eigenvalue weighted by Crippen LogP contribution is -2.06. The van der Waals surface area contributed by atoms with Gasteiger partial charge in [0.25, 0.3) is 0 Å². The van der Waals surface area contributed by atoms with Crippen molar-refractivity contribution in [2.75, 3.05) is 0 Å². The number of rotatable bonds is 2. The Kier molecular flexibility index (Phi) is 2.54. The zero-order valence-corrected chi connectivity index (χ0v) is 9.41. The molecule has 0 saturated carbocycles. The van der Waals surface area contributed by atoms with Gasteiger partial charge in [0, 0.05) is 9.75 Å². The molecule has 0 aliphatic heterocycles. The van der Waals surface area contributed by atoms with Crippen LogP contribution in [-0.2, 0) is 17.6 Å². The Morgan fingerprint density at radius 2 is 2.29 bits per heavy atom. The van der Waals surface area contributed by atoms with Crippen molar-refractivity contribution in [1.82, 2.24) is 0 Å². The predicted molar refractivity (Wildman–Crippen MR) is 57.4 cm³/mol. The third kappa shape index (κ3) is 1.44. The van der Waals surface area contributed by atoms with E-state index in [2.05, 4.69) is 0 Å². The second kappa shape index (κ2) is 3.55. The van der Waals surface area contributed by atoms with Crippen LogP contribution in [0.25, 0.3) is 0 Å². The smallest absolute Gasteiger partial charge is 0.311 e. The molecule has 1 aromatic heterocycles. The van der Waals surface area contributed by atoms with Gasteiger partial charge in [-0.3, -0.25) is 4.79 Å². The van der Waals surface area contributed by atoms with Crippen LogP contribution in [0.15, 0.2) is 0 Å². The molecule has 0 radical (unpaired) electrons. The number of thiophene rings is 1. The largest absolute Gasteiger partial charge is 0.481 e. The predicted octanol–water partition coefficient (Wildman–Crippen LogP) is 3.08. The van der Waals surface area contributed by atoms with Crippen molar-refractivity contribution >= 4 is 28.9 Å². The van der Waals surface area contributed by atoms with Crippen molar-refractivity contribution in [2.24, 2.45) is 0 Å². The summed E-state index contributed by atoms with van der Waals surface area (Å²) in [6.45, 7) is 1.69. The van der Waals surface area contributed by atoms with Crippen molar-refractivity contribution in [2.45, 2.75) is 32.1 Å². The molecule has 1 aliphatic carbocycles. The lowest BCUT2D eigenvalue weighted by atomic mass is 10.1. The average Bonchev–Trinajstić information content (AvgIpc) is 2.68. The molecule has 0 spiro atoms. The van der Waals surface area contributed by atoms with Gasteiger partial charge in [0.1, 0.15) is 0 Å². The first-order valence-corrected chi connectivity index (χ1v) is 5.83. The number of hydrogen-bond acceptors (Lipinski definition) is 2. The first kappa shape index (κ1) is 9.99. The van der Waals surface area contributed by atoms with Crippen LogP contribution in [0.4, 0.5) is 0 Å². The van der Waals surface area contributed by atoms with Gasteiger partial charge in [0.2, 0.25) is 0 Å². The average molecular weight is 231 g/mol. The van der Waals surface area contributed by atoms with Gasteiger partial charge < -0.3 is 5.11 Å².